The molecule has 1 aliphatic carbocycles. The van der Waals surface area contributed by atoms with Crippen molar-refractivity contribution < 1.29 is 0 Å². The molecule has 0 atom stereocenters. The molecule has 0 bridgehead atoms. The van der Waals surface area contributed by atoms with E-state index < -0.39 is 0 Å². The van der Waals surface area contributed by atoms with Gasteiger partial charge in [0.05, 0.1) is 0 Å². The number of hydrogen-bond acceptors (Lipinski definition) is 0. The maximum Gasteiger partial charge on any atom is -0.0414 e. The number of hydrogen-bond donors (Lipinski definition) is 0. The molecule has 1 saturated carbocycles. The van der Waals surface area contributed by atoms with Gasteiger partial charge in [0.1, 0.15) is 0 Å². The van der Waals surface area contributed by atoms with E-state index in [9.17, 15) is 0 Å². The lowest BCUT2D eigenvalue weighted by Crippen LogP contribution is -2.05. The summed E-state index contributed by atoms with van der Waals surface area (Å²) in [4.78, 5) is 0. The van der Waals surface area contributed by atoms with E-state index in [0.717, 1.165) is 5.92 Å². The van der Waals surface area contributed by atoms with Gasteiger partial charge >= 0.3 is 0 Å². The van der Waals surface area contributed by atoms with Gasteiger partial charge in [-0.3, -0.25) is 0 Å². The van der Waals surface area contributed by atoms with Gasteiger partial charge in [-0.1, -0.05) is 232 Å². The zero-order valence-corrected chi connectivity index (χ0v) is 26.3. The highest BCUT2D eigenvalue weighted by molar-refractivity contribution is 4.65. The first-order chi connectivity index (χ1) is 18.4. The molecule has 0 aliphatic heterocycles. The number of rotatable bonds is 30. The largest absolute Gasteiger partial charge is 0.0654 e. The van der Waals surface area contributed by atoms with Crippen LogP contribution in [0.4, 0.5) is 0 Å². The van der Waals surface area contributed by atoms with Crippen molar-refractivity contribution >= 4 is 0 Å². The third kappa shape index (κ3) is 27.4. The summed E-state index contributed by atoms with van der Waals surface area (Å²) in [5.74, 6) is 1.10. The van der Waals surface area contributed by atoms with Gasteiger partial charge in [-0.05, 0) is 5.92 Å². The van der Waals surface area contributed by atoms with Crippen LogP contribution in [-0.2, 0) is 0 Å². The molecule has 0 saturated heterocycles. The van der Waals surface area contributed by atoms with Crippen LogP contribution in [-0.4, -0.2) is 0 Å². The second-order valence-electron chi connectivity index (χ2n) is 13.2. The Morgan fingerprint density at radius 2 is 0.541 bits per heavy atom. The van der Waals surface area contributed by atoms with Gasteiger partial charge in [-0.25, -0.2) is 0 Å². The van der Waals surface area contributed by atoms with Crippen molar-refractivity contribution in [3.63, 3.8) is 0 Å². The van der Waals surface area contributed by atoms with Crippen LogP contribution in [0.2, 0.25) is 0 Å². The summed E-state index contributed by atoms with van der Waals surface area (Å²) in [6.07, 6.45) is 52.4. The Morgan fingerprint density at radius 1 is 0.297 bits per heavy atom. The first-order valence-corrected chi connectivity index (χ1v) is 18.4. The lowest BCUT2D eigenvalue weighted by molar-refractivity contribution is 0.328. The average molecular weight is 519 g/mol. The first kappa shape index (κ1) is 35.0. The second-order valence-corrected chi connectivity index (χ2v) is 13.2. The van der Waals surface area contributed by atoms with Crippen LogP contribution in [0.3, 0.4) is 0 Å². The van der Waals surface area contributed by atoms with Gasteiger partial charge < -0.3 is 0 Å². The Kier molecular flexibility index (Phi) is 28.9. The van der Waals surface area contributed by atoms with Crippen LogP contribution < -0.4 is 0 Å². The molecule has 0 N–H and O–H groups in total. The summed E-state index contributed by atoms with van der Waals surface area (Å²) in [6, 6.07) is 0. The van der Waals surface area contributed by atoms with Gasteiger partial charge in [0, 0.05) is 0 Å². The summed E-state index contributed by atoms with van der Waals surface area (Å²) >= 11 is 0. The van der Waals surface area contributed by atoms with Crippen LogP contribution in [0.15, 0.2) is 0 Å². The average Bonchev–Trinajstić information content (AvgIpc) is 2.93. The number of unbranched alkanes of at least 4 members (excludes halogenated alkanes) is 28. The Balaban J connectivity index is 1.61. The highest BCUT2D eigenvalue weighted by Gasteiger charge is 2.12. The predicted octanol–water partition coefficient (Wildman–Crippen LogP) is 14.3. The fraction of sp³-hybridized carbons (Fsp3) is 1.00. The smallest absolute Gasteiger partial charge is 0.0414 e. The van der Waals surface area contributed by atoms with Gasteiger partial charge in [0.2, 0.25) is 0 Å². The predicted molar refractivity (Wildman–Crippen MR) is 171 cm³/mol. The second kappa shape index (κ2) is 30.5. The van der Waals surface area contributed by atoms with E-state index in [1.807, 2.05) is 0 Å². The monoisotopic (exact) mass is 519 g/mol. The van der Waals surface area contributed by atoms with Crippen LogP contribution in [0.25, 0.3) is 0 Å². The van der Waals surface area contributed by atoms with E-state index in [4.69, 9.17) is 0 Å². The highest BCUT2D eigenvalue weighted by atomic mass is 14.2. The topological polar surface area (TPSA) is 0 Å². The van der Waals surface area contributed by atoms with E-state index in [1.165, 1.54) is 205 Å². The lowest BCUT2D eigenvalue weighted by atomic mass is 9.85. The third-order valence-electron chi connectivity index (χ3n) is 9.44. The Hall–Kier alpha value is 0. The minimum absolute atomic E-state index is 1.10. The van der Waals surface area contributed by atoms with E-state index in [1.54, 1.807) is 19.3 Å². The minimum Gasteiger partial charge on any atom is -0.0654 e. The fourth-order valence-electron chi connectivity index (χ4n) is 6.76. The SMILES string of the molecule is CCCCCCCCCCCCCCCCCCCCCCCCCCCCCCCC1CCCCC1. The maximum absolute atomic E-state index is 2.31. The van der Waals surface area contributed by atoms with Gasteiger partial charge in [-0.2, -0.15) is 0 Å². The van der Waals surface area contributed by atoms with Crippen molar-refractivity contribution in [2.45, 2.75) is 232 Å². The zero-order valence-electron chi connectivity index (χ0n) is 26.3. The van der Waals surface area contributed by atoms with Gasteiger partial charge in [0.25, 0.3) is 0 Å². The summed E-state index contributed by atoms with van der Waals surface area (Å²) in [5, 5.41) is 0. The molecule has 0 nitrogen and oxygen atoms in total. The van der Waals surface area contributed by atoms with Crippen molar-refractivity contribution in [3.05, 3.63) is 0 Å². The molecule has 1 rings (SSSR count). The van der Waals surface area contributed by atoms with Crippen LogP contribution >= 0.6 is 0 Å². The summed E-state index contributed by atoms with van der Waals surface area (Å²) in [5.41, 5.74) is 0. The zero-order chi connectivity index (χ0) is 26.3. The molecule has 1 aliphatic rings. The maximum atomic E-state index is 2.31. The van der Waals surface area contributed by atoms with Crippen molar-refractivity contribution in [2.24, 2.45) is 5.92 Å². The third-order valence-corrected chi connectivity index (χ3v) is 9.44. The summed E-state index contributed by atoms with van der Waals surface area (Å²) < 4.78 is 0. The van der Waals surface area contributed by atoms with E-state index in [2.05, 4.69) is 6.92 Å². The molecule has 0 amide bonds. The molecule has 0 spiro atoms. The Morgan fingerprint density at radius 3 is 0.811 bits per heavy atom. The molecule has 0 unspecified atom stereocenters. The molecule has 0 aromatic rings. The molecular weight excluding hydrogens is 444 g/mol. The molecule has 0 aromatic heterocycles. The van der Waals surface area contributed by atoms with Crippen LogP contribution in [0.5, 0.6) is 0 Å². The molecular formula is C37H74. The first-order valence-electron chi connectivity index (χ1n) is 18.4. The van der Waals surface area contributed by atoms with Crippen LogP contribution in [0, 0.1) is 5.92 Å². The van der Waals surface area contributed by atoms with Crippen LogP contribution in [0.1, 0.15) is 232 Å². The lowest BCUT2D eigenvalue weighted by Gasteiger charge is -2.21. The fourth-order valence-corrected chi connectivity index (χ4v) is 6.76. The normalized spacial score (nSPS) is 14.5. The Labute approximate surface area is 237 Å². The van der Waals surface area contributed by atoms with E-state index in [0.29, 0.717) is 0 Å². The molecule has 1 fully saturated rings. The molecule has 0 radical (unpaired) electrons. The van der Waals surface area contributed by atoms with E-state index >= 15 is 0 Å². The van der Waals surface area contributed by atoms with Gasteiger partial charge in [-0.15, -0.1) is 0 Å². The quantitative estimate of drug-likeness (QED) is 0.0829. The summed E-state index contributed by atoms with van der Waals surface area (Å²) in [7, 11) is 0. The highest BCUT2D eigenvalue weighted by Crippen LogP contribution is 2.28. The van der Waals surface area contributed by atoms with Crippen molar-refractivity contribution in [3.8, 4) is 0 Å². The Bertz CT molecular complexity index is 393. The molecule has 0 aromatic carbocycles. The van der Waals surface area contributed by atoms with E-state index in [-0.39, 0.29) is 0 Å². The molecule has 0 heteroatoms. The standard InChI is InChI=1S/C37H74/c1-2-3-4-5-6-7-8-9-10-11-12-13-14-15-16-17-18-19-20-21-22-23-24-25-26-27-28-29-31-34-37-35-32-30-33-36-37/h37H,2-36H2,1H3. The van der Waals surface area contributed by atoms with Crippen molar-refractivity contribution in [1.29, 1.82) is 0 Å². The summed E-state index contributed by atoms with van der Waals surface area (Å²) in [6.45, 7) is 2.31. The van der Waals surface area contributed by atoms with Crippen molar-refractivity contribution in [2.75, 3.05) is 0 Å². The molecule has 222 valence electrons. The van der Waals surface area contributed by atoms with Gasteiger partial charge in [0.15, 0.2) is 0 Å². The minimum atomic E-state index is 1.10. The van der Waals surface area contributed by atoms with Crippen molar-refractivity contribution in [1.82, 2.24) is 0 Å². The molecule has 37 heavy (non-hydrogen) atoms. The molecule has 0 heterocycles.